The van der Waals surface area contributed by atoms with Gasteiger partial charge >= 0.3 is 0 Å². The molecule has 1 saturated heterocycles. The van der Waals surface area contributed by atoms with Gasteiger partial charge in [0.15, 0.2) is 4.32 Å². The van der Waals surface area contributed by atoms with Gasteiger partial charge in [0, 0.05) is 11.5 Å². The van der Waals surface area contributed by atoms with E-state index < -0.39 is 0 Å². The number of phenolic OH excluding ortho intramolecular Hbond substituents is 1. The van der Waals surface area contributed by atoms with E-state index in [9.17, 15) is 9.90 Å². The van der Waals surface area contributed by atoms with Gasteiger partial charge in [0.1, 0.15) is 17.0 Å². The number of hydrogen-bond acceptors (Lipinski definition) is 6. The minimum Gasteiger partial charge on any atom is -0.508 e. The van der Waals surface area contributed by atoms with Crippen molar-refractivity contribution in [1.29, 1.82) is 0 Å². The molecule has 5 nitrogen and oxygen atoms in total. The summed E-state index contributed by atoms with van der Waals surface area (Å²) >= 11 is 12.8. The molecule has 1 amide bonds. The molecule has 1 aliphatic rings. The number of amides is 1. The minimum absolute atomic E-state index is 0.0655. The maximum Gasteiger partial charge on any atom is 0.270 e. The van der Waals surface area contributed by atoms with Crippen LogP contribution in [0.5, 0.6) is 11.5 Å². The zero-order valence-corrected chi connectivity index (χ0v) is 16.9. The standard InChI is InChI=1S/C20H13ClN2O3S2/c1-26-16-8-7-15(21)14-6-5-11(22-18(14)16)9-17-19(25)23(20(27)28-17)12-3-2-4-13(24)10-12/h2-10,24H,1H3/b17-9-. The van der Waals surface area contributed by atoms with Crippen LogP contribution >= 0.6 is 35.6 Å². The summed E-state index contributed by atoms with van der Waals surface area (Å²) in [5.74, 6) is 0.401. The number of phenols is 1. The molecule has 0 aliphatic carbocycles. The molecule has 3 aromatic rings. The number of thiocarbonyl (C=S) groups is 1. The Balaban J connectivity index is 1.73. The van der Waals surface area contributed by atoms with E-state index in [2.05, 4.69) is 4.98 Å². The first-order valence-corrected chi connectivity index (χ1v) is 9.78. The van der Waals surface area contributed by atoms with Crippen molar-refractivity contribution in [3.05, 3.63) is 64.2 Å². The average molecular weight is 429 g/mol. The number of carbonyl (C=O) groups excluding carboxylic acids is 1. The normalized spacial score (nSPS) is 15.6. The van der Waals surface area contributed by atoms with E-state index in [0.717, 1.165) is 5.39 Å². The van der Waals surface area contributed by atoms with E-state index in [0.29, 0.717) is 36.9 Å². The van der Waals surface area contributed by atoms with Crippen LogP contribution in [0, 0.1) is 0 Å². The number of nitrogens with zero attached hydrogens (tertiary/aromatic N) is 2. The van der Waals surface area contributed by atoms with Crippen LogP contribution in [0.4, 0.5) is 5.69 Å². The number of aromatic nitrogens is 1. The number of anilines is 1. The highest BCUT2D eigenvalue weighted by atomic mass is 35.5. The van der Waals surface area contributed by atoms with Gasteiger partial charge in [0.05, 0.1) is 28.4 Å². The van der Waals surface area contributed by atoms with Crippen molar-refractivity contribution in [3.63, 3.8) is 0 Å². The summed E-state index contributed by atoms with van der Waals surface area (Å²) in [6.45, 7) is 0. The van der Waals surface area contributed by atoms with Gasteiger partial charge in [0.25, 0.3) is 5.91 Å². The molecule has 2 heterocycles. The van der Waals surface area contributed by atoms with Gasteiger partial charge in [-0.3, -0.25) is 9.69 Å². The van der Waals surface area contributed by atoms with E-state index in [4.69, 9.17) is 28.6 Å². The van der Waals surface area contributed by atoms with Gasteiger partial charge in [-0.05, 0) is 42.5 Å². The molecule has 0 bridgehead atoms. The van der Waals surface area contributed by atoms with Gasteiger partial charge < -0.3 is 9.84 Å². The highest BCUT2D eigenvalue weighted by Gasteiger charge is 2.33. The molecule has 140 valence electrons. The Morgan fingerprint density at radius 1 is 1.25 bits per heavy atom. The molecule has 2 aromatic carbocycles. The zero-order chi connectivity index (χ0) is 19.8. The predicted molar refractivity (Wildman–Crippen MR) is 117 cm³/mol. The predicted octanol–water partition coefficient (Wildman–Crippen LogP) is 5.01. The van der Waals surface area contributed by atoms with Crippen molar-refractivity contribution < 1.29 is 14.6 Å². The maximum atomic E-state index is 12.9. The molecule has 0 saturated carbocycles. The number of hydrogen-bond donors (Lipinski definition) is 1. The van der Waals surface area contributed by atoms with Gasteiger partial charge in [-0.15, -0.1) is 0 Å². The van der Waals surface area contributed by atoms with Crippen LogP contribution < -0.4 is 9.64 Å². The largest absolute Gasteiger partial charge is 0.508 e. The second-order valence-corrected chi connectivity index (χ2v) is 8.00. The first-order valence-electron chi connectivity index (χ1n) is 8.18. The zero-order valence-electron chi connectivity index (χ0n) is 14.5. The van der Waals surface area contributed by atoms with E-state index in [1.807, 2.05) is 6.07 Å². The molecule has 0 unspecified atom stereocenters. The minimum atomic E-state index is -0.263. The summed E-state index contributed by atoms with van der Waals surface area (Å²) in [5.41, 5.74) is 1.72. The topological polar surface area (TPSA) is 62.7 Å². The van der Waals surface area contributed by atoms with Crippen LogP contribution in [0.3, 0.4) is 0 Å². The van der Waals surface area contributed by atoms with Crippen molar-refractivity contribution in [2.75, 3.05) is 12.0 Å². The highest BCUT2D eigenvalue weighted by Crippen LogP contribution is 2.37. The quantitative estimate of drug-likeness (QED) is 0.467. The Hall–Kier alpha value is -2.61. The van der Waals surface area contributed by atoms with E-state index in [1.165, 1.54) is 28.8 Å². The molecular formula is C20H13ClN2O3S2. The smallest absolute Gasteiger partial charge is 0.270 e. The molecule has 0 atom stereocenters. The van der Waals surface area contributed by atoms with E-state index >= 15 is 0 Å². The fourth-order valence-corrected chi connectivity index (χ4v) is 4.37. The molecule has 8 heteroatoms. The lowest BCUT2D eigenvalue weighted by molar-refractivity contribution is -0.113. The van der Waals surface area contributed by atoms with Crippen LogP contribution in [0.2, 0.25) is 5.02 Å². The molecular weight excluding hydrogens is 416 g/mol. The summed E-state index contributed by atoms with van der Waals surface area (Å²) in [7, 11) is 1.57. The first kappa shape index (κ1) is 18.7. The van der Waals surface area contributed by atoms with Crippen LogP contribution in [-0.4, -0.2) is 27.4 Å². The number of benzene rings is 2. The van der Waals surface area contributed by atoms with Gasteiger partial charge in [-0.2, -0.15) is 0 Å². The SMILES string of the molecule is COc1ccc(Cl)c2ccc(/C=C3\SC(=S)N(c4cccc(O)c4)C3=O)nc12. The molecule has 0 radical (unpaired) electrons. The lowest BCUT2D eigenvalue weighted by Crippen LogP contribution is -2.27. The van der Waals surface area contributed by atoms with Gasteiger partial charge in [-0.25, -0.2) is 4.98 Å². The summed E-state index contributed by atoms with van der Waals surface area (Å²) < 4.78 is 5.76. The van der Waals surface area contributed by atoms with E-state index in [1.54, 1.807) is 43.5 Å². The highest BCUT2D eigenvalue weighted by molar-refractivity contribution is 8.27. The third kappa shape index (κ3) is 3.32. The molecule has 0 spiro atoms. The van der Waals surface area contributed by atoms with Crippen molar-refractivity contribution in [2.45, 2.75) is 0 Å². The number of carbonyl (C=O) groups is 1. The average Bonchev–Trinajstić information content (AvgIpc) is 2.95. The van der Waals surface area contributed by atoms with Crippen molar-refractivity contribution in [2.24, 2.45) is 0 Å². The monoisotopic (exact) mass is 428 g/mol. The van der Waals surface area contributed by atoms with Crippen molar-refractivity contribution >= 4 is 68.5 Å². The maximum absolute atomic E-state index is 12.9. The Labute approximate surface area is 175 Å². The number of ether oxygens (including phenoxy) is 1. The number of pyridine rings is 1. The van der Waals surface area contributed by atoms with Crippen LogP contribution in [0.25, 0.3) is 17.0 Å². The molecule has 1 aromatic heterocycles. The van der Waals surface area contributed by atoms with Crippen LogP contribution in [0.15, 0.2) is 53.4 Å². The summed E-state index contributed by atoms with van der Waals surface area (Å²) in [6.07, 6.45) is 1.68. The van der Waals surface area contributed by atoms with Crippen molar-refractivity contribution in [1.82, 2.24) is 4.98 Å². The Morgan fingerprint density at radius 2 is 2.07 bits per heavy atom. The Bertz CT molecular complexity index is 1160. The number of rotatable bonds is 3. The third-order valence-electron chi connectivity index (χ3n) is 4.17. The fraction of sp³-hybridized carbons (Fsp3) is 0.0500. The lowest BCUT2D eigenvalue weighted by atomic mass is 10.2. The molecule has 1 N–H and O–H groups in total. The van der Waals surface area contributed by atoms with Crippen LogP contribution in [-0.2, 0) is 4.79 Å². The van der Waals surface area contributed by atoms with Gasteiger partial charge in [0.2, 0.25) is 0 Å². The van der Waals surface area contributed by atoms with Crippen LogP contribution in [0.1, 0.15) is 5.69 Å². The second-order valence-electron chi connectivity index (χ2n) is 5.92. The summed E-state index contributed by atoms with van der Waals surface area (Å²) in [4.78, 5) is 19.3. The second kappa shape index (κ2) is 7.43. The fourth-order valence-electron chi connectivity index (χ4n) is 2.87. The molecule has 1 fully saturated rings. The van der Waals surface area contributed by atoms with Gasteiger partial charge in [-0.1, -0.05) is 41.6 Å². The van der Waals surface area contributed by atoms with Crippen molar-refractivity contribution in [3.8, 4) is 11.5 Å². The molecule has 28 heavy (non-hydrogen) atoms. The number of thioether (sulfide) groups is 1. The summed E-state index contributed by atoms with van der Waals surface area (Å²) in [6, 6.07) is 13.5. The first-order chi connectivity index (χ1) is 13.5. The molecule has 4 rings (SSSR count). The Kier molecular flexibility index (Phi) is 4.97. The number of methoxy groups -OCH3 is 1. The summed E-state index contributed by atoms with van der Waals surface area (Å²) in [5, 5.41) is 11.0. The number of fused-ring (bicyclic) bond motifs is 1. The van der Waals surface area contributed by atoms with E-state index in [-0.39, 0.29) is 11.7 Å². The third-order valence-corrected chi connectivity index (χ3v) is 5.80. The Morgan fingerprint density at radius 3 is 2.82 bits per heavy atom. The lowest BCUT2D eigenvalue weighted by Gasteiger charge is -2.14. The molecule has 1 aliphatic heterocycles. The number of halogens is 1. The number of aromatic hydroxyl groups is 1.